The fourth-order valence-corrected chi connectivity index (χ4v) is 4.07. The van der Waals surface area contributed by atoms with Crippen molar-refractivity contribution in [3.8, 4) is 11.5 Å². The fourth-order valence-electron chi connectivity index (χ4n) is 4.07. The number of hydrogen-bond donors (Lipinski definition) is 9. The zero-order chi connectivity index (χ0) is 27.0. The van der Waals surface area contributed by atoms with Crippen LogP contribution in [0.5, 0.6) is 11.5 Å². The van der Waals surface area contributed by atoms with Crippen molar-refractivity contribution in [1.29, 1.82) is 0 Å². The van der Waals surface area contributed by atoms with E-state index in [0.29, 0.717) is 0 Å². The molecule has 1 aromatic carbocycles. The van der Waals surface area contributed by atoms with Gasteiger partial charge in [-0.3, -0.25) is 0 Å². The van der Waals surface area contributed by atoms with Gasteiger partial charge in [-0.15, -0.1) is 0 Å². The molecule has 0 radical (unpaired) electrons. The van der Waals surface area contributed by atoms with E-state index in [2.05, 4.69) is 4.98 Å². The van der Waals surface area contributed by atoms with Crippen LogP contribution in [0.1, 0.15) is 10.5 Å². The van der Waals surface area contributed by atoms with E-state index in [1.165, 1.54) is 24.3 Å². The Kier molecular flexibility index (Phi) is 8.10. The molecule has 2 fully saturated rings. The first kappa shape index (κ1) is 27.3. The van der Waals surface area contributed by atoms with Gasteiger partial charge in [0.2, 0.25) is 12.6 Å². The van der Waals surface area contributed by atoms with E-state index in [1.807, 2.05) is 0 Å². The summed E-state index contributed by atoms with van der Waals surface area (Å²) in [5.74, 6) is -2.01. The van der Waals surface area contributed by atoms with Gasteiger partial charge in [-0.1, -0.05) is 12.1 Å². The molecule has 204 valence electrons. The van der Waals surface area contributed by atoms with Crippen molar-refractivity contribution in [2.45, 2.75) is 61.4 Å². The Balaban J connectivity index is 1.66. The van der Waals surface area contributed by atoms with Gasteiger partial charge in [-0.2, -0.15) is 0 Å². The van der Waals surface area contributed by atoms with E-state index in [9.17, 15) is 50.8 Å². The molecule has 0 spiro atoms. The summed E-state index contributed by atoms with van der Waals surface area (Å²) in [6.45, 7) is -1.40. The average molecular weight is 529 g/mol. The van der Waals surface area contributed by atoms with Gasteiger partial charge in [0.15, 0.2) is 11.4 Å². The second-order valence-electron chi connectivity index (χ2n) is 8.60. The molecule has 2 aliphatic heterocycles. The van der Waals surface area contributed by atoms with Crippen molar-refractivity contribution in [2.75, 3.05) is 13.2 Å². The van der Waals surface area contributed by atoms with Gasteiger partial charge < -0.3 is 64.9 Å². The number of aromatic carboxylic acids is 1. The number of nitrogens with zero attached hydrogens (tertiary/aromatic N) is 1. The van der Waals surface area contributed by atoms with E-state index in [0.717, 1.165) is 0 Å². The van der Waals surface area contributed by atoms with Gasteiger partial charge in [-0.25, -0.2) is 9.78 Å². The molecule has 0 amide bonds. The molecule has 0 saturated carbocycles. The number of hydrogen-bond acceptors (Lipinski definition) is 14. The van der Waals surface area contributed by atoms with Crippen LogP contribution in [-0.2, 0) is 9.47 Å². The van der Waals surface area contributed by atoms with Gasteiger partial charge in [0.25, 0.3) is 0 Å². The minimum absolute atomic E-state index is 0.0296. The molecule has 15 heteroatoms. The van der Waals surface area contributed by atoms with Crippen LogP contribution in [0.25, 0.3) is 10.9 Å². The summed E-state index contributed by atoms with van der Waals surface area (Å²) in [6, 6.07) is 5.60. The van der Waals surface area contributed by atoms with E-state index >= 15 is 0 Å². The summed E-state index contributed by atoms with van der Waals surface area (Å²) >= 11 is 0. The highest BCUT2D eigenvalue weighted by molar-refractivity contribution is 5.95. The van der Waals surface area contributed by atoms with Crippen LogP contribution in [-0.4, -0.2) is 132 Å². The molecule has 4 rings (SSSR count). The third-order valence-corrected chi connectivity index (χ3v) is 6.16. The summed E-state index contributed by atoms with van der Waals surface area (Å²) in [4.78, 5) is 16.0. The van der Waals surface area contributed by atoms with Crippen LogP contribution in [0.2, 0.25) is 0 Å². The maximum atomic E-state index is 12.0. The number of carbonyl (C=O) groups is 1. The lowest BCUT2D eigenvalue weighted by Gasteiger charge is -2.39. The highest BCUT2D eigenvalue weighted by Crippen LogP contribution is 2.33. The summed E-state index contributed by atoms with van der Waals surface area (Å²) in [6.07, 6.45) is -16.0. The average Bonchev–Trinajstić information content (AvgIpc) is 2.88. The lowest BCUT2D eigenvalue weighted by Crippen LogP contribution is -2.60. The predicted octanol–water partition coefficient (Wildman–Crippen LogP) is -3.71. The molecule has 2 saturated heterocycles. The first-order chi connectivity index (χ1) is 17.6. The smallest absolute Gasteiger partial charge is 0.358 e. The van der Waals surface area contributed by atoms with Crippen LogP contribution < -0.4 is 9.47 Å². The molecule has 9 N–H and O–H groups in total. The Hall–Kier alpha value is -2.70. The van der Waals surface area contributed by atoms with Gasteiger partial charge in [0.05, 0.1) is 13.2 Å². The van der Waals surface area contributed by atoms with E-state index in [-0.39, 0.29) is 22.4 Å². The first-order valence-electron chi connectivity index (χ1n) is 11.2. The third-order valence-electron chi connectivity index (χ3n) is 6.16. The number of benzene rings is 1. The lowest BCUT2D eigenvalue weighted by molar-refractivity contribution is -0.277. The van der Waals surface area contributed by atoms with Crippen LogP contribution >= 0.6 is 0 Å². The predicted molar refractivity (Wildman–Crippen MR) is 117 cm³/mol. The SMILES string of the molecule is O=C(O)c1nc2c(O[C@@H]3O[C@H](CO)[C@@H](O)[C@H](O)[C@H]3O)cccc2cc1O[C@@H]1O[C@H](CO)[C@@H](O)[C@H](O)[C@H]1O. The molecule has 10 atom stereocenters. The summed E-state index contributed by atoms with van der Waals surface area (Å²) < 4.78 is 21.7. The zero-order valence-electron chi connectivity index (χ0n) is 19.0. The topological polar surface area (TPSA) is 249 Å². The number of pyridine rings is 1. The number of carboxylic acids is 1. The van der Waals surface area contributed by atoms with Crippen molar-refractivity contribution < 1.29 is 69.7 Å². The van der Waals surface area contributed by atoms with Crippen molar-refractivity contribution in [3.63, 3.8) is 0 Å². The Morgan fingerprint density at radius 3 is 1.78 bits per heavy atom. The van der Waals surface area contributed by atoms with E-state index in [4.69, 9.17) is 18.9 Å². The Morgan fingerprint density at radius 1 is 0.784 bits per heavy atom. The maximum absolute atomic E-state index is 12.0. The summed E-state index contributed by atoms with van der Waals surface area (Å²) in [5.41, 5.74) is -0.688. The molecule has 0 unspecified atom stereocenters. The highest BCUT2D eigenvalue weighted by Gasteiger charge is 2.46. The molecule has 37 heavy (non-hydrogen) atoms. The molecule has 2 aromatic rings. The number of rotatable bonds is 7. The second kappa shape index (κ2) is 11.0. The van der Waals surface area contributed by atoms with Gasteiger partial charge >= 0.3 is 5.97 Å². The van der Waals surface area contributed by atoms with Crippen molar-refractivity contribution in [2.24, 2.45) is 0 Å². The van der Waals surface area contributed by atoms with Gasteiger partial charge in [-0.05, 0) is 12.1 Å². The first-order valence-corrected chi connectivity index (χ1v) is 11.2. The van der Waals surface area contributed by atoms with Crippen LogP contribution in [0, 0.1) is 0 Å². The molecular formula is C22H27NO14. The largest absolute Gasteiger partial charge is 0.476 e. The normalized spacial score (nSPS) is 36.3. The number of aromatic nitrogens is 1. The van der Waals surface area contributed by atoms with Crippen molar-refractivity contribution >= 4 is 16.9 Å². The van der Waals surface area contributed by atoms with Crippen LogP contribution in [0.15, 0.2) is 24.3 Å². The monoisotopic (exact) mass is 529 g/mol. The number of para-hydroxylation sites is 1. The van der Waals surface area contributed by atoms with Crippen molar-refractivity contribution in [1.82, 2.24) is 4.98 Å². The molecule has 2 aliphatic rings. The van der Waals surface area contributed by atoms with E-state index in [1.54, 1.807) is 0 Å². The lowest BCUT2D eigenvalue weighted by atomic mass is 9.99. The molecule has 0 bridgehead atoms. The minimum atomic E-state index is -1.80. The minimum Gasteiger partial charge on any atom is -0.476 e. The van der Waals surface area contributed by atoms with Crippen LogP contribution in [0.4, 0.5) is 0 Å². The quantitative estimate of drug-likeness (QED) is 0.167. The molecular weight excluding hydrogens is 502 g/mol. The zero-order valence-corrected chi connectivity index (χ0v) is 19.0. The standard InChI is InChI=1S/C22H27NO14/c24-5-10-14(26)16(28)18(30)21(36-10)34-8-3-1-2-7-4-9(13(20(32)33)23-12(7)8)35-22-19(31)17(29)15(27)11(6-25)37-22/h1-4,10-11,14-19,21-22,24-31H,5-6H2,(H,32,33)/t10-,11-,14-,15-,16+,17+,18-,19-,21-,22-/m1/s1. The summed E-state index contributed by atoms with van der Waals surface area (Å²) in [5, 5.41) is 89.1. The van der Waals surface area contributed by atoms with Gasteiger partial charge in [0.1, 0.15) is 60.1 Å². The summed E-state index contributed by atoms with van der Waals surface area (Å²) in [7, 11) is 0. The Labute approximate surface area is 208 Å². The number of carboxylic acid groups (broad SMARTS) is 1. The van der Waals surface area contributed by atoms with Crippen LogP contribution in [0.3, 0.4) is 0 Å². The third kappa shape index (κ3) is 5.19. The molecule has 15 nitrogen and oxygen atoms in total. The number of aliphatic hydroxyl groups excluding tert-OH is 8. The molecule has 1 aromatic heterocycles. The highest BCUT2D eigenvalue weighted by atomic mass is 16.7. The molecule has 3 heterocycles. The molecule has 0 aliphatic carbocycles. The van der Waals surface area contributed by atoms with Gasteiger partial charge in [0, 0.05) is 5.39 Å². The number of aliphatic hydroxyl groups is 8. The Bertz CT molecular complexity index is 1110. The maximum Gasteiger partial charge on any atom is 0.358 e. The fraction of sp³-hybridized carbons (Fsp3) is 0.545. The van der Waals surface area contributed by atoms with Crippen molar-refractivity contribution in [3.05, 3.63) is 30.0 Å². The second-order valence-corrected chi connectivity index (χ2v) is 8.60. The van der Waals surface area contributed by atoms with E-state index < -0.39 is 86.3 Å². The number of ether oxygens (including phenoxy) is 4. The number of fused-ring (bicyclic) bond motifs is 1. The Morgan fingerprint density at radius 2 is 1.30 bits per heavy atom.